The maximum atomic E-state index is 13.3. The van der Waals surface area contributed by atoms with E-state index in [-0.39, 0.29) is 24.3 Å². The molecule has 1 aliphatic heterocycles. The maximum absolute atomic E-state index is 13.3. The number of nitrogens with one attached hydrogen (secondary N) is 1. The lowest BCUT2D eigenvalue weighted by atomic mass is 10.0. The number of fused-ring (bicyclic) bond motifs is 2. The van der Waals surface area contributed by atoms with E-state index in [1.165, 1.54) is 5.56 Å². The second kappa shape index (κ2) is 7.47. The lowest BCUT2D eigenvalue weighted by Gasteiger charge is -2.25. The summed E-state index contributed by atoms with van der Waals surface area (Å²) in [6.45, 7) is 8.11. The molecule has 0 aromatic heterocycles. The van der Waals surface area contributed by atoms with Gasteiger partial charge in [0.2, 0.25) is 11.8 Å². The van der Waals surface area contributed by atoms with Gasteiger partial charge in [0, 0.05) is 11.4 Å². The van der Waals surface area contributed by atoms with E-state index in [1.54, 1.807) is 4.90 Å². The van der Waals surface area contributed by atoms with Gasteiger partial charge in [0.05, 0.1) is 17.3 Å². The number of hydrogen-bond acceptors (Lipinski definition) is 3. The first-order chi connectivity index (χ1) is 13.8. The highest BCUT2D eigenvalue weighted by atomic mass is 16.2. The van der Waals surface area contributed by atoms with Crippen LogP contribution in [0.5, 0.6) is 0 Å². The summed E-state index contributed by atoms with van der Waals surface area (Å²) in [6, 6.07) is 9.85. The first kappa shape index (κ1) is 19.4. The molecule has 1 heterocycles. The summed E-state index contributed by atoms with van der Waals surface area (Å²) in [5.74, 6) is -0.428. The Hall–Kier alpha value is -2.95. The number of carbonyl (C=O) groups is 2. The number of hydrogen-bond donors (Lipinski definition) is 1. The molecular formula is C24H27N3O2. The van der Waals surface area contributed by atoms with Crippen molar-refractivity contribution >= 4 is 34.6 Å². The average Bonchev–Trinajstić information content (AvgIpc) is 3.10. The van der Waals surface area contributed by atoms with E-state index < -0.39 is 0 Å². The zero-order chi connectivity index (χ0) is 20.7. The van der Waals surface area contributed by atoms with Crippen molar-refractivity contribution in [3.63, 3.8) is 0 Å². The van der Waals surface area contributed by atoms with Crippen molar-refractivity contribution in [1.82, 2.24) is 0 Å². The molecule has 4 rings (SSSR count). The smallest absolute Gasteiger partial charge is 0.244 e. The highest BCUT2D eigenvalue weighted by Gasteiger charge is 2.37. The quantitative estimate of drug-likeness (QED) is 0.821. The molecule has 1 atom stereocenters. The fourth-order valence-corrected chi connectivity index (χ4v) is 4.11. The van der Waals surface area contributed by atoms with Gasteiger partial charge in [0.1, 0.15) is 6.54 Å². The van der Waals surface area contributed by atoms with E-state index in [0.29, 0.717) is 0 Å². The molecule has 1 N–H and O–H groups in total. The number of amides is 2. The van der Waals surface area contributed by atoms with E-state index in [9.17, 15) is 9.59 Å². The molecule has 1 saturated carbocycles. The summed E-state index contributed by atoms with van der Waals surface area (Å²) in [6.07, 6.45) is 2.63. The van der Waals surface area contributed by atoms with Crippen LogP contribution in [0.3, 0.4) is 0 Å². The lowest BCUT2D eigenvalue weighted by molar-refractivity contribution is -0.122. The molecule has 1 aliphatic carbocycles. The molecule has 0 bridgehead atoms. The number of carbonyl (C=O) groups excluding carboxylic acids is 2. The monoisotopic (exact) mass is 389 g/mol. The third-order valence-electron chi connectivity index (χ3n) is 6.13. The van der Waals surface area contributed by atoms with Crippen molar-refractivity contribution < 1.29 is 9.59 Å². The molecule has 0 spiro atoms. The Morgan fingerprint density at radius 3 is 2.55 bits per heavy atom. The lowest BCUT2D eigenvalue weighted by Crippen LogP contribution is -2.42. The summed E-state index contributed by atoms with van der Waals surface area (Å²) in [5, 5.41) is 2.94. The minimum Gasteiger partial charge on any atom is -0.325 e. The Labute approximate surface area is 171 Å². The minimum absolute atomic E-state index is 0.0133. The average molecular weight is 389 g/mol. The Kier molecular flexibility index (Phi) is 4.99. The highest BCUT2D eigenvalue weighted by Crippen LogP contribution is 2.39. The fourth-order valence-electron chi connectivity index (χ4n) is 4.11. The van der Waals surface area contributed by atoms with Crippen LogP contribution in [-0.2, 0) is 9.59 Å². The van der Waals surface area contributed by atoms with E-state index in [2.05, 4.69) is 5.32 Å². The minimum atomic E-state index is -0.211. The predicted octanol–water partition coefficient (Wildman–Crippen LogP) is 4.78. The van der Waals surface area contributed by atoms with E-state index in [0.717, 1.165) is 58.7 Å². The molecular weight excluding hydrogens is 362 g/mol. The third-order valence-corrected chi connectivity index (χ3v) is 6.13. The van der Waals surface area contributed by atoms with Crippen molar-refractivity contribution in [2.24, 2.45) is 10.9 Å². The van der Waals surface area contributed by atoms with E-state index in [1.807, 2.05) is 58.0 Å². The van der Waals surface area contributed by atoms with Gasteiger partial charge in [-0.3, -0.25) is 14.6 Å². The Bertz CT molecular complexity index is 1040. The number of anilines is 2. The van der Waals surface area contributed by atoms with Gasteiger partial charge in [-0.2, -0.15) is 0 Å². The standard InChI is InChI=1S/C24H27N3O2/c1-14-8-9-18(10-15(14)2)25-23(28)13-27-22-12-17(4)16(3)11-21(22)26-20-7-5-6-19(20)24(27)29/h8-12,19H,5-7,13H2,1-4H3,(H,25,28)/t19-/m0/s1. The Balaban J connectivity index is 1.65. The zero-order valence-electron chi connectivity index (χ0n) is 17.5. The summed E-state index contributed by atoms with van der Waals surface area (Å²) in [5.41, 5.74) is 7.75. The van der Waals surface area contributed by atoms with Gasteiger partial charge in [-0.1, -0.05) is 6.07 Å². The normalized spacial score (nSPS) is 18.1. The van der Waals surface area contributed by atoms with Crippen LogP contribution in [0.2, 0.25) is 0 Å². The second-order valence-corrected chi connectivity index (χ2v) is 8.24. The van der Waals surface area contributed by atoms with Crippen LogP contribution in [0.15, 0.2) is 35.3 Å². The Morgan fingerprint density at radius 2 is 1.79 bits per heavy atom. The van der Waals surface area contributed by atoms with Gasteiger partial charge in [0.25, 0.3) is 0 Å². The van der Waals surface area contributed by atoms with Crippen molar-refractivity contribution in [2.75, 3.05) is 16.8 Å². The van der Waals surface area contributed by atoms with Gasteiger partial charge in [0.15, 0.2) is 0 Å². The summed E-state index contributed by atoms with van der Waals surface area (Å²) in [4.78, 5) is 32.7. The second-order valence-electron chi connectivity index (χ2n) is 8.24. The molecule has 2 amide bonds. The summed E-state index contributed by atoms with van der Waals surface area (Å²) >= 11 is 0. The SMILES string of the molecule is Cc1ccc(NC(=O)CN2C(=O)[C@H]3CCCC3=Nc3cc(C)c(C)cc32)cc1C. The molecule has 150 valence electrons. The number of nitrogens with zero attached hydrogens (tertiary/aromatic N) is 2. The van der Waals surface area contributed by atoms with Gasteiger partial charge in [-0.25, -0.2) is 0 Å². The van der Waals surface area contributed by atoms with Crippen molar-refractivity contribution in [3.05, 3.63) is 52.6 Å². The molecule has 2 aromatic rings. The molecule has 29 heavy (non-hydrogen) atoms. The van der Waals surface area contributed by atoms with Crippen LogP contribution in [0.25, 0.3) is 0 Å². The molecule has 5 nitrogen and oxygen atoms in total. The third kappa shape index (κ3) is 3.69. The summed E-state index contributed by atoms with van der Waals surface area (Å²) < 4.78 is 0. The first-order valence-corrected chi connectivity index (χ1v) is 10.2. The number of aryl methyl sites for hydroxylation is 4. The van der Waals surface area contributed by atoms with Crippen molar-refractivity contribution in [1.29, 1.82) is 0 Å². The van der Waals surface area contributed by atoms with Crippen LogP contribution < -0.4 is 10.2 Å². The van der Waals surface area contributed by atoms with E-state index in [4.69, 9.17) is 4.99 Å². The fraction of sp³-hybridized carbons (Fsp3) is 0.375. The van der Waals surface area contributed by atoms with Crippen LogP contribution in [0.1, 0.15) is 41.5 Å². The number of aliphatic imine (C=N–C) groups is 1. The van der Waals surface area contributed by atoms with Gasteiger partial charge >= 0.3 is 0 Å². The van der Waals surface area contributed by atoms with Crippen molar-refractivity contribution in [3.8, 4) is 0 Å². The maximum Gasteiger partial charge on any atom is 0.244 e. The topological polar surface area (TPSA) is 61.8 Å². The molecule has 0 saturated heterocycles. The molecule has 0 unspecified atom stereocenters. The molecule has 2 aliphatic rings. The largest absolute Gasteiger partial charge is 0.325 e. The van der Waals surface area contributed by atoms with Crippen molar-refractivity contribution in [2.45, 2.75) is 47.0 Å². The molecule has 2 aromatic carbocycles. The number of rotatable bonds is 3. The highest BCUT2D eigenvalue weighted by molar-refractivity contribution is 6.17. The predicted molar refractivity (Wildman–Crippen MR) is 117 cm³/mol. The van der Waals surface area contributed by atoms with Crippen LogP contribution >= 0.6 is 0 Å². The first-order valence-electron chi connectivity index (χ1n) is 10.2. The molecule has 1 fully saturated rings. The van der Waals surface area contributed by atoms with Crippen LogP contribution in [0, 0.1) is 33.6 Å². The zero-order valence-corrected chi connectivity index (χ0v) is 17.5. The molecule has 5 heteroatoms. The van der Waals surface area contributed by atoms with Gasteiger partial charge in [-0.15, -0.1) is 0 Å². The van der Waals surface area contributed by atoms with Gasteiger partial charge < -0.3 is 10.2 Å². The van der Waals surface area contributed by atoms with Crippen LogP contribution in [-0.4, -0.2) is 24.1 Å². The van der Waals surface area contributed by atoms with Crippen LogP contribution in [0.4, 0.5) is 17.1 Å². The number of benzene rings is 2. The Morgan fingerprint density at radius 1 is 1.07 bits per heavy atom. The summed E-state index contributed by atoms with van der Waals surface area (Å²) in [7, 11) is 0. The van der Waals surface area contributed by atoms with Gasteiger partial charge in [-0.05, 0) is 93.5 Å². The molecule has 0 radical (unpaired) electrons. The van der Waals surface area contributed by atoms with E-state index >= 15 is 0 Å².